The molecule has 1 aromatic carbocycles. The molecule has 0 bridgehead atoms. The van der Waals surface area contributed by atoms with Crippen LogP contribution >= 0.6 is 11.8 Å². The van der Waals surface area contributed by atoms with Gasteiger partial charge in [-0.3, -0.25) is 0 Å². The average molecular weight is 235 g/mol. The van der Waals surface area contributed by atoms with Crippen molar-refractivity contribution in [1.29, 1.82) is 0 Å². The molecule has 0 saturated heterocycles. The van der Waals surface area contributed by atoms with Crippen molar-refractivity contribution in [3.8, 4) is 0 Å². The minimum Gasteiger partial charge on any atom is -0.340 e. The van der Waals surface area contributed by atoms with Gasteiger partial charge in [0.1, 0.15) is 0 Å². The average Bonchev–Trinajstić information content (AvgIpc) is 2.73. The fraction of sp³-hybridized carbons (Fsp3) is 0.273. The molecule has 2 aromatic rings. The molecule has 16 heavy (non-hydrogen) atoms. The van der Waals surface area contributed by atoms with E-state index in [9.17, 15) is 0 Å². The van der Waals surface area contributed by atoms with Crippen molar-refractivity contribution in [2.75, 3.05) is 0 Å². The zero-order valence-corrected chi connectivity index (χ0v) is 9.83. The lowest BCUT2D eigenvalue weighted by Crippen LogP contribution is -1.95. The number of hydrogen-bond donors (Lipinski definition) is 1. The van der Waals surface area contributed by atoms with Gasteiger partial charge in [0.25, 0.3) is 0 Å². The van der Waals surface area contributed by atoms with E-state index in [1.54, 1.807) is 18.7 Å². The fourth-order valence-corrected chi connectivity index (χ4v) is 2.13. The lowest BCUT2D eigenvalue weighted by Gasteiger charge is -2.01. The van der Waals surface area contributed by atoms with Gasteiger partial charge in [0, 0.05) is 18.4 Å². The smallest absolute Gasteiger partial charge is 0.223 e. The first-order valence-electron chi connectivity index (χ1n) is 4.99. The van der Waals surface area contributed by atoms with Crippen molar-refractivity contribution in [2.24, 2.45) is 5.73 Å². The van der Waals surface area contributed by atoms with Gasteiger partial charge in [0.2, 0.25) is 5.89 Å². The highest BCUT2D eigenvalue weighted by Crippen LogP contribution is 2.22. The number of rotatable bonds is 4. The Morgan fingerprint density at radius 3 is 3.00 bits per heavy atom. The Balaban J connectivity index is 1.99. The third-order valence-electron chi connectivity index (χ3n) is 2.07. The van der Waals surface area contributed by atoms with Crippen LogP contribution in [0.4, 0.5) is 0 Å². The van der Waals surface area contributed by atoms with Gasteiger partial charge in [-0.2, -0.15) is 4.98 Å². The largest absolute Gasteiger partial charge is 0.340 e. The zero-order valence-electron chi connectivity index (χ0n) is 9.01. The molecule has 0 radical (unpaired) electrons. The van der Waals surface area contributed by atoms with Crippen LogP contribution in [0.25, 0.3) is 0 Å². The number of aromatic nitrogens is 2. The van der Waals surface area contributed by atoms with Crippen LogP contribution in [-0.2, 0) is 12.3 Å². The molecule has 0 unspecified atom stereocenters. The molecule has 4 nitrogen and oxygen atoms in total. The summed E-state index contributed by atoms with van der Waals surface area (Å²) in [4.78, 5) is 5.32. The number of nitrogens with zero attached hydrogens (tertiary/aromatic N) is 2. The van der Waals surface area contributed by atoms with Gasteiger partial charge < -0.3 is 10.3 Å². The van der Waals surface area contributed by atoms with Gasteiger partial charge in [0.15, 0.2) is 5.82 Å². The topological polar surface area (TPSA) is 64.9 Å². The standard InChI is InChI=1S/C11H13N3OS/c1-8-13-11(14-15-8)7-16-10-4-2-3-9(5-10)6-12/h2-5H,6-7,12H2,1H3. The van der Waals surface area contributed by atoms with Gasteiger partial charge in [-0.05, 0) is 17.7 Å². The second kappa shape index (κ2) is 5.14. The first-order valence-corrected chi connectivity index (χ1v) is 5.97. The van der Waals surface area contributed by atoms with Gasteiger partial charge in [-0.1, -0.05) is 17.3 Å². The van der Waals surface area contributed by atoms with Gasteiger partial charge in [0.05, 0.1) is 5.75 Å². The van der Waals surface area contributed by atoms with Crippen molar-refractivity contribution >= 4 is 11.8 Å². The predicted molar refractivity (Wildman–Crippen MR) is 62.9 cm³/mol. The summed E-state index contributed by atoms with van der Waals surface area (Å²) < 4.78 is 4.90. The molecule has 0 fully saturated rings. The van der Waals surface area contributed by atoms with Crippen LogP contribution in [0.1, 0.15) is 17.3 Å². The molecule has 5 heteroatoms. The highest BCUT2D eigenvalue weighted by Gasteiger charge is 2.03. The van der Waals surface area contributed by atoms with E-state index in [1.807, 2.05) is 12.1 Å². The summed E-state index contributed by atoms with van der Waals surface area (Å²) in [5.74, 6) is 2.04. The maximum Gasteiger partial charge on any atom is 0.223 e. The molecule has 0 aliphatic carbocycles. The Kier molecular flexibility index (Phi) is 3.58. The molecule has 0 aliphatic rings. The molecule has 1 aromatic heterocycles. The van der Waals surface area contributed by atoms with Gasteiger partial charge in [-0.25, -0.2) is 0 Å². The first kappa shape index (κ1) is 11.2. The van der Waals surface area contributed by atoms with E-state index < -0.39 is 0 Å². The van der Waals surface area contributed by atoms with Crippen LogP contribution in [0, 0.1) is 6.92 Å². The predicted octanol–water partition coefficient (Wildman–Crippen LogP) is 2.13. The Bertz CT molecular complexity index is 470. The summed E-state index contributed by atoms with van der Waals surface area (Å²) in [7, 11) is 0. The van der Waals surface area contributed by atoms with Crippen molar-refractivity contribution in [3.05, 3.63) is 41.5 Å². The van der Waals surface area contributed by atoms with E-state index in [0.717, 1.165) is 11.4 Å². The molecule has 1 heterocycles. The Morgan fingerprint density at radius 1 is 1.44 bits per heavy atom. The second-order valence-corrected chi connectivity index (χ2v) is 4.42. The van der Waals surface area contributed by atoms with Crippen molar-refractivity contribution in [2.45, 2.75) is 24.1 Å². The summed E-state index contributed by atoms with van der Waals surface area (Å²) >= 11 is 1.68. The molecule has 2 N–H and O–H groups in total. The summed E-state index contributed by atoms with van der Waals surface area (Å²) in [5, 5.41) is 3.84. The number of thioether (sulfide) groups is 1. The number of benzene rings is 1. The lowest BCUT2D eigenvalue weighted by molar-refractivity contribution is 0.389. The quantitative estimate of drug-likeness (QED) is 0.822. The van der Waals surface area contributed by atoms with Crippen molar-refractivity contribution in [1.82, 2.24) is 10.1 Å². The highest BCUT2D eigenvalue weighted by molar-refractivity contribution is 7.98. The summed E-state index contributed by atoms with van der Waals surface area (Å²) in [6.45, 7) is 2.35. The number of nitrogens with two attached hydrogens (primary N) is 1. The Hall–Kier alpha value is -1.33. The van der Waals surface area contributed by atoms with Gasteiger partial charge in [-0.15, -0.1) is 11.8 Å². The Labute approximate surface area is 98.2 Å². The van der Waals surface area contributed by atoms with E-state index in [4.69, 9.17) is 10.3 Å². The molecule has 0 atom stereocenters. The number of hydrogen-bond acceptors (Lipinski definition) is 5. The van der Waals surface area contributed by atoms with Crippen molar-refractivity contribution in [3.63, 3.8) is 0 Å². The number of aryl methyl sites for hydroxylation is 1. The van der Waals surface area contributed by atoms with E-state index >= 15 is 0 Å². The summed E-state index contributed by atoms with van der Waals surface area (Å²) in [6, 6.07) is 8.16. The third kappa shape index (κ3) is 2.84. The SMILES string of the molecule is Cc1nc(CSc2cccc(CN)c2)no1. The molecule has 0 aliphatic heterocycles. The summed E-state index contributed by atoms with van der Waals surface area (Å²) in [6.07, 6.45) is 0. The van der Waals surface area contributed by atoms with E-state index in [2.05, 4.69) is 22.3 Å². The maximum atomic E-state index is 5.58. The van der Waals surface area contributed by atoms with E-state index in [1.165, 1.54) is 4.90 Å². The minimum absolute atomic E-state index is 0.565. The Morgan fingerprint density at radius 2 is 2.31 bits per heavy atom. The highest BCUT2D eigenvalue weighted by atomic mass is 32.2. The molecule has 0 amide bonds. The lowest BCUT2D eigenvalue weighted by atomic mass is 10.2. The zero-order chi connectivity index (χ0) is 11.4. The van der Waals surface area contributed by atoms with Gasteiger partial charge >= 0.3 is 0 Å². The first-order chi connectivity index (χ1) is 7.78. The molecule has 2 rings (SSSR count). The fourth-order valence-electron chi connectivity index (χ4n) is 1.31. The van der Waals surface area contributed by atoms with Crippen LogP contribution < -0.4 is 5.73 Å². The third-order valence-corrected chi connectivity index (χ3v) is 3.06. The molecule has 0 saturated carbocycles. The molecular weight excluding hydrogens is 222 g/mol. The maximum absolute atomic E-state index is 5.58. The van der Waals surface area contributed by atoms with E-state index in [-0.39, 0.29) is 0 Å². The van der Waals surface area contributed by atoms with Crippen LogP contribution in [0.2, 0.25) is 0 Å². The van der Waals surface area contributed by atoms with Crippen LogP contribution in [-0.4, -0.2) is 10.1 Å². The normalized spacial score (nSPS) is 10.6. The monoisotopic (exact) mass is 235 g/mol. The molecule has 0 spiro atoms. The van der Waals surface area contributed by atoms with E-state index in [0.29, 0.717) is 18.2 Å². The minimum atomic E-state index is 0.565. The van der Waals surface area contributed by atoms with Crippen molar-refractivity contribution < 1.29 is 4.52 Å². The second-order valence-electron chi connectivity index (χ2n) is 3.37. The summed E-state index contributed by atoms with van der Waals surface area (Å²) in [5.41, 5.74) is 6.71. The van der Waals surface area contributed by atoms with Crippen LogP contribution in [0.5, 0.6) is 0 Å². The molecule has 84 valence electrons. The molecular formula is C11H13N3OS. The van der Waals surface area contributed by atoms with Crippen LogP contribution in [0.3, 0.4) is 0 Å². The van der Waals surface area contributed by atoms with Crippen LogP contribution in [0.15, 0.2) is 33.7 Å².